The molecule has 2 nitrogen and oxygen atoms in total. The minimum Gasteiger partial charge on any atom is -0.498 e. The third kappa shape index (κ3) is 4.95. The minimum absolute atomic E-state index is 0.298. The van der Waals surface area contributed by atoms with Crippen molar-refractivity contribution in [2.45, 2.75) is 65.8 Å². The first-order chi connectivity index (χ1) is 8.00. The van der Waals surface area contributed by atoms with Gasteiger partial charge in [0.1, 0.15) is 0 Å². The Morgan fingerprint density at radius 1 is 1.29 bits per heavy atom. The van der Waals surface area contributed by atoms with Crippen LogP contribution in [0.4, 0.5) is 0 Å². The second-order valence-electron chi connectivity index (χ2n) is 5.43. The molecule has 0 aromatic heterocycles. The molecule has 1 rings (SSSR count). The smallest absolute Gasteiger partial charge is 0.0924 e. The Morgan fingerprint density at radius 3 is 2.65 bits per heavy atom. The summed E-state index contributed by atoms with van der Waals surface area (Å²) < 4.78 is 5.81. The largest absolute Gasteiger partial charge is 0.498 e. The summed E-state index contributed by atoms with van der Waals surface area (Å²) in [4.78, 5) is 0. The van der Waals surface area contributed by atoms with Crippen LogP contribution in [0.25, 0.3) is 0 Å². The third-order valence-corrected chi connectivity index (χ3v) is 3.63. The highest BCUT2D eigenvalue weighted by Crippen LogP contribution is 2.24. The van der Waals surface area contributed by atoms with Gasteiger partial charge in [-0.25, -0.2) is 0 Å². The first-order valence-corrected chi connectivity index (χ1v) is 6.70. The molecule has 0 spiro atoms. The molecule has 0 saturated carbocycles. The number of rotatable bonds is 2. The summed E-state index contributed by atoms with van der Waals surface area (Å²) in [5.41, 5.74) is 10.4. The third-order valence-electron chi connectivity index (χ3n) is 3.63. The molecule has 1 atom stereocenters. The van der Waals surface area contributed by atoms with E-state index in [-0.39, 0.29) is 0 Å². The van der Waals surface area contributed by atoms with Gasteiger partial charge in [0.05, 0.1) is 12.4 Å². The van der Waals surface area contributed by atoms with Crippen LogP contribution in [0.3, 0.4) is 0 Å². The Morgan fingerprint density at radius 2 is 2.00 bits per heavy atom. The predicted octanol–water partition coefficient (Wildman–Crippen LogP) is 3.92. The summed E-state index contributed by atoms with van der Waals surface area (Å²) in [6.45, 7) is 9.47. The van der Waals surface area contributed by atoms with Crippen molar-refractivity contribution >= 4 is 0 Å². The van der Waals surface area contributed by atoms with Crippen LogP contribution in [0.15, 0.2) is 22.5 Å². The second kappa shape index (κ2) is 6.85. The van der Waals surface area contributed by atoms with Crippen molar-refractivity contribution in [2.24, 2.45) is 5.73 Å². The Bertz CT molecular complexity index is 311. The normalized spacial score (nSPS) is 26.5. The quantitative estimate of drug-likeness (QED) is 0.739. The van der Waals surface area contributed by atoms with Crippen LogP contribution < -0.4 is 5.73 Å². The number of allylic oxidation sites excluding steroid dienone is 3. The molecule has 1 aliphatic heterocycles. The second-order valence-corrected chi connectivity index (χ2v) is 5.43. The van der Waals surface area contributed by atoms with Crippen LogP contribution >= 0.6 is 0 Å². The number of hydrogen-bond donors (Lipinski definition) is 1. The van der Waals surface area contributed by atoms with Crippen molar-refractivity contribution in [3.63, 3.8) is 0 Å². The van der Waals surface area contributed by atoms with Crippen LogP contribution in [0.5, 0.6) is 0 Å². The van der Waals surface area contributed by atoms with E-state index in [4.69, 9.17) is 10.5 Å². The molecule has 17 heavy (non-hydrogen) atoms. The van der Waals surface area contributed by atoms with Gasteiger partial charge in [0.2, 0.25) is 0 Å². The molecule has 2 N–H and O–H groups in total. The summed E-state index contributed by atoms with van der Waals surface area (Å²) >= 11 is 0. The Labute approximate surface area is 106 Å². The zero-order valence-electron chi connectivity index (χ0n) is 11.8. The summed E-state index contributed by atoms with van der Waals surface area (Å²) in [5, 5.41) is 0. The molecule has 0 amide bonds. The Kier molecular flexibility index (Phi) is 5.76. The summed E-state index contributed by atoms with van der Waals surface area (Å²) in [6, 6.07) is 0.298. The van der Waals surface area contributed by atoms with E-state index >= 15 is 0 Å². The maximum absolute atomic E-state index is 6.17. The lowest BCUT2D eigenvalue weighted by Gasteiger charge is -2.16. The monoisotopic (exact) mass is 237 g/mol. The van der Waals surface area contributed by atoms with Crippen LogP contribution in [-0.4, -0.2) is 12.6 Å². The standard InChI is InChI=1S/C15H27NO/c1-11(2)12(3)9-14-10-15(16)7-5-6-8-17-13(14)4/h15H,5-10,16H2,1-4H3/b14-13-. The van der Waals surface area contributed by atoms with Gasteiger partial charge in [-0.3, -0.25) is 0 Å². The van der Waals surface area contributed by atoms with Gasteiger partial charge >= 0.3 is 0 Å². The van der Waals surface area contributed by atoms with E-state index in [9.17, 15) is 0 Å². The Balaban J connectivity index is 2.81. The van der Waals surface area contributed by atoms with Crippen LogP contribution in [0.2, 0.25) is 0 Å². The highest BCUT2D eigenvalue weighted by Gasteiger charge is 2.13. The fraction of sp³-hybridized carbons (Fsp3) is 0.733. The molecule has 0 fully saturated rings. The lowest BCUT2D eigenvalue weighted by atomic mass is 9.95. The van der Waals surface area contributed by atoms with E-state index in [0.29, 0.717) is 6.04 Å². The fourth-order valence-electron chi connectivity index (χ4n) is 2.09. The minimum atomic E-state index is 0.298. The van der Waals surface area contributed by atoms with Crippen LogP contribution in [0, 0.1) is 0 Å². The topological polar surface area (TPSA) is 35.2 Å². The maximum atomic E-state index is 6.17. The van der Waals surface area contributed by atoms with Crippen LogP contribution in [-0.2, 0) is 4.74 Å². The number of ether oxygens (including phenoxy) is 1. The van der Waals surface area contributed by atoms with Crippen LogP contribution in [0.1, 0.15) is 59.8 Å². The van der Waals surface area contributed by atoms with Gasteiger partial charge < -0.3 is 10.5 Å². The molecule has 1 unspecified atom stereocenters. The van der Waals surface area contributed by atoms with E-state index in [1.165, 1.54) is 23.1 Å². The van der Waals surface area contributed by atoms with E-state index in [1.54, 1.807) is 0 Å². The van der Waals surface area contributed by atoms with Gasteiger partial charge in [-0.1, -0.05) is 11.1 Å². The molecule has 1 heterocycles. The number of hydrogen-bond acceptors (Lipinski definition) is 2. The van der Waals surface area contributed by atoms with Gasteiger partial charge in [-0.2, -0.15) is 0 Å². The first kappa shape index (κ1) is 14.3. The number of nitrogens with two attached hydrogens (primary N) is 1. The molecule has 98 valence electrons. The zero-order chi connectivity index (χ0) is 12.8. The highest BCUT2D eigenvalue weighted by molar-refractivity contribution is 5.20. The fourth-order valence-corrected chi connectivity index (χ4v) is 2.09. The van der Waals surface area contributed by atoms with Crippen molar-refractivity contribution in [1.82, 2.24) is 0 Å². The Hall–Kier alpha value is -0.760. The molecule has 0 saturated heterocycles. The van der Waals surface area contributed by atoms with Crippen molar-refractivity contribution in [1.29, 1.82) is 0 Å². The van der Waals surface area contributed by atoms with Crippen molar-refractivity contribution in [3.8, 4) is 0 Å². The van der Waals surface area contributed by atoms with Gasteiger partial charge in [0, 0.05) is 6.04 Å². The van der Waals surface area contributed by atoms with Gasteiger partial charge in [0.15, 0.2) is 0 Å². The SMILES string of the molecule is CC(C)=C(C)C/C1=C(\C)OCCCCC(N)C1. The highest BCUT2D eigenvalue weighted by atomic mass is 16.5. The molecule has 0 aliphatic carbocycles. The molecule has 0 aromatic carbocycles. The maximum Gasteiger partial charge on any atom is 0.0924 e. The average Bonchev–Trinajstić information content (AvgIpc) is 2.32. The lowest BCUT2D eigenvalue weighted by molar-refractivity contribution is 0.205. The summed E-state index contributed by atoms with van der Waals surface area (Å²) in [6.07, 6.45) is 5.43. The van der Waals surface area contributed by atoms with Crippen molar-refractivity contribution in [2.75, 3.05) is 6.61 Å². The summed E-state index contributed by atoms with van der Waals surface area (Å²) in [7, 11) is 0. The van der Waals surface area contributed by atoms with Crippen molar-refractivity contribution in [3.05, 3.63) is 22.5 Å². The molecular formula is C15H27NO. The molecule has 0 aromatic rings. The summed E-state index contributed by atoms with van der Waals surface area (Å²) in [5.74, 6) is 1.10. The predicted molar refractivity (Wildman–Crippen MR) is 73.8 cm³/mol. The van der Waals surface area contributed by atoms with Gasteiger partial charge in [-0.05, 0) is 65.4 Å². The van der Waals surface area contributed by atoms with Crippen molar-refractivity contribution < 1.29 is 4.74 Å². The van der Waals surface area contributed by atoms with E-state index in [2.05, 4.69) is 27.7 Å². The average molecular weight is 237 g/mol. The zero-order valence-corrected chi connectivity index (χ0v) is 11.8. The van der Waals surface area contributed by atoms with Gasteiger partial charge in [-0.15, -0.1) is 0 Å². The molecule has 2 heteroatoms. The first-order valence-electron chi connectivity index (χ1n) is 6.70. The molecule has 0 bridgehead atoms. The van der Waals surface area contributed by atoms with E-state index in [0.717, 1.165) is 38.0 Å². The van der Waals surface area contributed by atoms with Gasteiger partial charge in [0.25, 0.3) is 0 Å². The van der Waals surface area contributed by atoms with E-state index in [1.807, 2.05) is 0 Å². The molecule has 1 aliphatic rings. The molecular weight excluding hydrogens is 210 g/mol. The lowest BCUT2D eigenvalue weighted by Crippen LogP contribution is -2.20. The van der Waals surface area contributed by atoms with E-state index < -0.39 is 0 Å². The molecule has 0 radical (unpaired) electrons.